The summed E-state index contributed by atoms with van der Waals surface area (Å²) in [6.07, 6.45) is 5.20. The van der Waals surface area contributed by atoms with Crippen molar-refractivity contribution in [3.8, 4) is 39.7 Å². The second-order valence-corrected chi connectivity index (χ2v) is 9.89. The maximum atomic E-state index is 14.2. The van der Waals surface area contributed by atoms with E-state index in [4.69, 9.17) is 18.9 Å². The second kappa shape index (κ2) is 10.6. The molecule has 0 unspecified atom stereocenters. The molecule has 0 bridgehead atoms. The Kier molecular flexibility index (Phi) is 6.85. The van der Waals surface area contributed by atoms with Crippen LogP contribution in [-0.2, 0) is 18.3 Å². The molecule has 3 aromatic carbocycles. The fourth-order valence-electron chi connectivity index (χ4n) is 5.43. The summed E-state index contributed by atoms with van der Waals surface area (Å²) in [6, 6.07) is 16.9. The summed E-state index contributed by atoms with van der Waals surface area (Å²) < 4.78 is 33.5. The molecule has 2 aromatic heterocycles. The summed E-state index contributed by atoms with van der Waals surface area (Å²) in [5.41, 5.74) is 5.55. The topological polar surface area (TPSA) is 87.2 Å². The summed E-state index contributed by atoms with van der Waals surface area (Å²) in [5.74, 6) is 1.36. The molecule has 1 fully saturated rings. The first-order valence-corrected chi connectivity index (χ1v) is 13.0. The Labute approximate surface area is 225 Å². The number of ether oxygens (including phenoxy) is 2. The number of nitrogens with one attached hydrogen (secondary N) is 1. The summed E-state index contributed by atoms with van der Waals surface area (Å²) in [7, 11) is 5.24. The van der Waals surface area contributed by atoms with Crippen LogP contribution in [0.4, 0.5) is 4.39 Å². The highest BCUT2D eigenvalue weighted by molar-refractivity contribution is 5.85. The molecule has 200 valence electrons. The Bertz CT molecular complexity index is 1630. The number of rotatable bonds is 8. The van der Waals surface area contributed by atoms with Gasteiger partial charge in [0.1, 0.15) is 17.7 Å². The van der Waals surface area contributed by atoms with Crippen molar-refractivity contribution in [1.29, 1.82) is 0 Å². The molecule has 0 spiro atoms. The lowest BCUT2D eigenvalue weighted by atomic mass is 9.97. The molecular formula is C30H30FN5O3. The molecule has 0 amide bonds. The van der Waals surface area contributed by atoms with Crippen LogP contribution < -0.4 is 10.1 Å². The number of aryl methyl sites for hydroxylation is 1. The molecule has 1 aliphatic carbocycles. The van der Waals surface area contributed by atoms with E-state index >= 15 is 0 Å². The Morgan fingerprint density at radius 1 is 1.05 bits per heavy atom. The first-order valence-electron chi connectivity index (χ1n) is 13.0. The van der Waals surface area contributed by atoms with E-state index in [1.54, 1.807) is 31.2 Å². The fraction of sp³-hybridized carbons (Fsp3) is 0.300. The maximum absolute atomic E-state index is 14.2. The van der Waals surface area contributed by atoms with Crippen molar-refractivity contribution < 1.29 is 18.3 Å². The summed E-state index contributed by atoms with van der Waals surface area (Å²) in [6.45, 7) is 0.684. The third-order valence-corrected chi connectivity index (χ3v) is 7.41. The van der Waals surface area contributed by atoms with Crippen LogP contribution in [0.5, 0.6) is 5.75 Å². The van der Waals surface area contributed by atoms with Gasteiger partial charge in [-0.05, 0) is 72.4 Å². The number of halogens is 1. The fourth-order valence-corrected chi connectivity index (χ4v) is 5.43. The van der Waals surface area contributed by atoms with Gasteiger partial charge in [0.2, 0.25) is 5.89 Å². The molecule has 0 saturated heterocycles. The summed E-state index contributed by atoms with van der Waals surface area (Å²) in [5, 5.41) is 11.8. The van der Waals surface area contributed by atoms with E-state index in [1.165, 1.54) is 18.6 Å². The standard InChI is InChI=1S/C30H30FN5O3/c1-36-17-33-35-29(36)23-15-21(31)10-11-22(23)19-6-4-7-20(14-19)30-34-25-12-18(13-27(38-3)28(25)39-30)16-32-24-8-5-9-26(24)37-2/h4,6-7,10-15,17,24,26,32H,5,8-9,16H2,1-3H3/t24-,26+/m1/s1. The minimum atomic E-state index is -0.338. The van der Waals surface area contributed by atoms with E-state index in [2.05, 4.69) is 15.5 Å². The van der Waals surface area contributed by atoms with Gasteiger partial charge in [-0.25, -0.2) is 9.37 Å². The minimum absolute atomic E-state index is 0.247. The van der Waals surface area contributed by atoms with Crippen LogP contribution in [0.25, 0.3) is 45.1 Å². The van der Waals surface area contributed by atoms with Crippen LogP contribution in [0.2, 0.25) is 0 Å². The maximum Gasteiger partial charge on any atom is 0.227 e. The number of nitrogens with zero attached hydrogens (tertiary/aromatic N) is 4. The van der Waals surface area contributed by atoms with E-state index in [0.717, 1.165) is 40.6 Å². The highest BCUT2D eigenvalue weighted by Crippen LogP contribution is 2.36. The smallest absolute Gasteiger partial charge is 0.227 e. The molecule has 0 aliphatic heterocycles. The van der Waals surface area contributed by atoms with Gasteiger partial charge in [-0.2, -0.15) is 0 Å². The second-order valence-electron chi connectivity index (χ2n) is 9.89. The average molecular weight is 528 g/mol. The lowest BCUT2D eigenvalue weighted by Gasteiger charge is -2.19. The average Bonchev–Trinajstić information content (AvgIpc) is 3.70. The number of hydrogen-bond donors (Lipinski definition) is 1. The SMILES string of the molecule is COc1cc(CN[C@@H]2CCC[C@@H]2OC)cc2nc(-c3cccc(-c4ccc(F)cc4-c4nncn4C)c3)oc12. The largest absolute Gasteiger partial charge is 0.493 e. The van der Waals surface area contributed by atoms with Gasteiger partial charge < -0.3 is 23.8 Å². The van der Waals surface area contributed by atoms with Gasteiger partial charge >= 0.3 is 0 Å². The Balaban J connectivity index is 1.33. The van der Waals surface area contributed by atoms with E-state index in [1.807, 2.05) is 43.4 Å². The summed E-state index contributed by atoms with van der Waals surface area (Å²) in [4.78, 5) is 4.81. The number of benzene rings is 3. The molecule has 1 aliphatic rings. The molecule has 2 heterocycles. The van der Waals surface area contributed by atoms with Crippen LogP contribution >= 0.6 is 0 Å². The molecule has 39 heavy (non-hydrogen) atoms. The predicted molar refractivity (Wildman–Crippen MR) is 147 cm³/mol. The van der Waals surface area contributed by atoms with E-state index in [0.29, 0.717) is 41.2 Å². The van der Waals surface area contributed by atoms with Crippen molar-refractivity contribution in [1.82, 2.24) is 25.1 Å². The highest BCUT2D eigenvalue weighted by atomic mass is 19.1. The lowest BCUT2D eigenvalue weighted by Crippen LogP contribution is -2.36. The Morgan fingerprint density at radius 3 is 2.72 bits per heavy atom. The zero-order valence-electron chi connectivity index (χ0n) is 22.1. The van der Waals surface area contributed by atoms with Crippen LogP contribution in [-0.4, -0.2) is 46.1 Å². The highest BCUT2D eigenvalue weighted by Gasteiger charge is 2.26. The Hall–Kier alpha value is -4.08. The number of hydrogen-bond acceptors (Lipinski definition) is 7. The molecule has 0 radical (unpaired) electrons. The number of aromatic nitrogens is 4. The molecule has 1 N–H and O–H groups in total. The number of oxazole rings is 1. The number of methoxy groups -OCH3 is 2. The quantitative estimate of drug-likeness (QED) is 0.274. The number of fused-ring (bicyclic) bond motifs is 1. The van der Waals surface area contributed by atoms with Gasteiger partial charge in [-0.1, -0.05) is 18.2 Å². The Morgan fingerprint density at radius 2 is 1.92 bits per heavy atom. The third-order valence-electron chi connectivity index (χ3n) is 7.41. The van der Waals surface area contributed by atoms with Crippen molar-refractivity contribution in [3.63, 3.8) is 0 Å². The van der Waals surface area contributed by atoms with Crippen LogP contribution in [0.15, 0.2) is 65.3 Å². The molecule has 1 saturated carbocycles. The molecule has 2 atom stereocenters. The predicted octanol–water partition coefficient (Wildman–Crippen LogP) is 5.76. The molecular weight excluding hydrogens is 497 g/mol. The van der Waals surface area contributed by atoms with Gasteiger partial charge in [-0.3, -0.25) is 0 Å². The van der Waals surface area contributed by atoms with Crippen molar-refractivity contribution >= 4 is 11.1 Å². The minimum Gasteiger partial charge on any atom is -0.493 e. The van der Waals surface area contributed by atoms with Gasteiger partial charge in [0.15, 0.2) is 17.2 Å². The molecule has 9 heteroatoms. The van der Waals surface area contributed by atoms with E-state index < -0.39 is 0 Å². The zero-order valence-corrected chi connectivity index (χ0v) is 22.1. The zero-order chi connectivity index (χ0) is 26.9. The monoisotopic (exact) mass is 527 g/mol. The van der Waals surface area contributed by atoms with E-state index in [-0.39, 0.29) is 11.9 Å². The van der Waals surface area contributed by atoms with Crippen LogP contribution in [0.3, 0.4) is 0 Å². The van der Waals surface area contributed by atoms with Gasteiger partial charge in [0.25, 0.3) is 0 Å². The first kappa shape index (κ1) is 25.2. The normalized spacial score (nSPS) is 17.2. The van der Waals surface area contributed by atoms with E-state index in [9.17, 15) is 4.39 Å². The molecule has 8 nitrogen and oxygen atoms in total. The van der Waals surface area contributed by atoms with Gasteiger partial charge in [-0.15, -0.1) is 10.2 Å². The van der Waals surface area contributed by atoms with Crippen molar-refractivity contribution in [3.05, 3.63) is 72.3 Å². The van der Waals surface area contributed by atoms with Crippen LogP contribution in [0, 0.1) is 5.82 Å². The van der Waals surface area contributed by atoms with Crippen molar-refractivity contribution in [2.75, 3.05) is 14.2 Å². The summed E-state index contributed by atoms with van der Waals surface area (Å²) >= 11 is 0. The molecule has 6 rings (SSSR count). The van der Waals surface area contributed by atoms with Crippen molar-refractivity contribution in [2.24, 2.45) is 7.05 Å². The van der Waals surface area contributed by atoms with Crippen LogP contribution in [0.1, 0.15) is 24.8 Å². The van der Waals surface area contributed by atoms with Gasteiger partial charge in [0, 0.05) is 37.9 Å². The molecule has 5 aromatic rings. The van der Waals surface area contributed by atoms with Gasteiger partial charge in [0.05, 0.1) is 13.2 Å². The third kappa shape index (κ3) is 4.91. The van der Waals surface area contributed by atoms with Crippen molar-refractivity contribution in [2.45, 2.75) is 38.0 Å². The first-order chi connectivity index (χ1) is 19.0. The lowest BCUT2D eigenvalue weighted by molar-refractivity contribution is 0.0847.